The van der Waals surface area contributed by atoms with Crippen LogP contribution in [0.25, 0.3) is 0 Å². The fourth-order valence-electron chi connectivity index (χ4n) is 3.58. The van der Waals surface area contributed by atoms with E-state index in [9.17, 15) is 18.0 Å². The van der Waals surface area contributed by atoms with E-state index in [1.54, 1.807) is 24.8 Å². The molecule has 1 aliphatic rings. The van der Waals surface area contributed by atoms with E-state index in [-0.39, 0.29) is 35.0 Å². The van der Waals surface area contributed by atoms with Gasteiger partial charge in [-0.25, -0.2) is 8.42 Å². The number of sulfonamides is 1. The van der Waals surface area contributed by atoms with Crippen molar-refractivity contribution in [3.05, 3.63) is 18.2 Å². The number of ether oxygens (including phenoxy) is 1. The highest BCUT2D eigenvalue weighted by molar-refractivity contribution is 7.89. The summed E-state index contributed by atoms with van der Waals surface area (Å²) in [6, 6.07) is 4.48. The van der Waals surface area contributed by atoms with E-state index >= 15 is 0 Å². The number of hydrogen-bond donors (Lipinski definition) is 1. The standard InChI is InChI=1S/C22H35N3O5S/c1-5-25(6-2)31(28,29)18-12-13-20(30-17(3)4)19(15-18)23-21(26)16-24-14-10-8-7-9-11-22(24)27/h12-13,15,17H,5-11,14,16H2,1-4H3,(H,23,26). The first-order valence-corrected chi connectivity index (χ1v) is 12.5. The van der Waals surface area contributed by atoms with Crippen LogP contribution in [0, 0.1) is 0 Å². The van der Waals surface area contributed by atoms with Crippen LogP contribution >= 0.6 is 0 Å². The van der Waals surface area contributed by atoms with Crippen molar-refractivity contribution in [2.45, 2.75) is 70.8 Å². The molecule has 0 radical (unpaired) electrons. The first-order chi connectivity index (χ1) is 14.7. The number of rotatable bonds is 9. The number of hydrogen-bond acceptors (Lipinski definition) is 5. The van der Waals surface area contributed by atoms with Crippen LogP contribution in [0.5, 0.6) is 5.75 Å². The third-order valence-corrected chi connectivity index (χ3v) is 7.23. The van der Waals surface area contributed by atoms with E-state index < -0.39 is 10.0 Å². The predicted octanol–water partition coefficient (Wildman–Crippen LogP) is 3.24. The second-order valence-corrected chi connectivity index (χ2v) is 9.88. The topological polar surface area (TPSA) is 96.0 Å². The van der Waals surface area contributed by atoms with Crippen molar-refractivity contribution in [3.63, 3.8) is 0 Å². The average molecular weight is 454 g/mol. The molecule has 8 nitrogen and oxygen atoms in total. The number of carbonyl (C=O) groups excluding carboxylic acids is 2. The highest BCUT2D eigenvalue weighted by atomic mass is 32.2. The van der Waals surface area contributed by atoms with Crippen molar-refractivity contribution in [1.82, 2.24) is 9.21 Å². The molecule has 2 amide bonds. The van der Waals surface area contributed by atoms with Crippen LogP contribution in [0.3, 0.4) is 0 Å². The summed E-state index contributed by atoms with van der Waals surface area (Å²) in [5, 5.41) is 2.77. The van der Waals surface area contributed by atoms with Gasteiger partial charge in [0.1, 0.15) is 5.75 Å². The molecule has 1 saturated heterocycles. The van der Waals surface area contributed by atoms with Crippen molar-refractivity contribution >= 4 is 27.5 Å². The third kappa shape index (κ3) is 6.93. The molecule has 0 saturated carbocycles. The maximum absolute atomic E-state index is 12.9. The minimum atomic E-state index is -3.69. The monoisotopic (exact) mass is 453 g/mol. The fourth-order valence-corrected chi connectivity index (χ4v) is 5.07. The minimum Gasteiger partial charge on any atom is -0.489 e. The molecule has 174 valence electrons. The summed E-state index contributed by atoms with van der Waals surface area (Å²) >= 11 is 0. The number of nitrogens with zero attached hydrogens (tertiary/aromatic N) is 2. The highest BCUT2D eigenvalue weighted by Crippen LogP contribution is 2.30. The number of benzene rings is 1. The maximum Gasteiger partial charge on any atom is 0.244 e. The number of carbonyl (C=O) groups is 2. The molecular weight excluding hydrogens is 418 g/mol. The molecule has 0 spiro atoms. The van der Waals surface area contributed by atoms with Crippen LogP contribution in [-0.4, -0.2) is 61.7 Å². The molecule has 1 heterocycles. The van der Waals surface area contributed by atoms with E-state index in [1.807, 2.05) is 13.8 Å². The lowest BCUT2D eigenvalue weighted by Gasteiger charge is -2.25. The molecule has 0 aliphatic carbocycles. The molecule has 1 aromatic carbocycles. The molecule has 0 bridgehead atoms. The Morgan fingerprint density at radius 3 is 2.48 bits per heavy atom. The molecule has 31 heavy (non-hydrogen) atoms. The Kier molecular flexibility index (Phi) is 9.31. The van der Waals surface area contributed by atoms with Crippen molar-refractivity contribution in [1.29, 1.82) is 0 Å². The van der Waals surface area contributed by atoms with Crippen LogP contribution < -0.4 is 10.1 Å². The lowest BCUT2D eigenvalue weighted by atomic mass is 10.1. The lowest BCUT2D eigenvalue weighted by molar-refractivity contribution is -0.135. The molecule has 1 aromatic rings. The molecule has 1 aliphatic heterocycles. The molecule has 2 rings (SSSR count). The average Bonchev–Trinajstić information content (AvgIpc) is 2.69. The number of amides is 2. The largest absolute Gasteiger partial charge is 0.489 e. The summed E-state index contributed by atoms with van der Waals surface area (Å²) in [6.07, 6.45) is 4.09. The van der Waals surface area contributed by atoms with Crippen molar-refractivity contribution < 1.29 is 22.7 Å². The van der Waals surface area contributed by atoms with Gasteiger partial charge >= 0.3 is 0 Å². The van der Waals surface area contributed by atoms with Crippen molar-refractivity contribution in [2.75, 3.05) is 31.5 Å². The van der Waals surface area contributed by atoms with Crippen LogP contribution in [0.4, 0.5) is 5.69 Å². The van der Waals surface area contributed by atoms with Gasteiger partial charge in [0, 0.05) is 26.1 Å². The van der Waals surface area contributed by atoms with E-state index in [1.165, 1.54) is 16.4 Å². The van der Waals surface area contributed by atoms with E-state index in [2.05, 4.69) is 5.32 Å². The highest BCUT2D eigenvalue weighted by Gasteiger charge is 2.24. The molecule has 0 unspecified atom stereocenters. The molecule has 0 aromatic heterocycles. The summed E-state index contributed by atoms with van der Waals surface area (Å²) in [6.45, 7) is 8.45. The van der Waals surface area contributed by atoms with Gasteiger partial charge < -0.3 is 15.0 Å². The van der Waals surface area contributed by atoms with Crippen LogP contribution in [0.1, 0.15) is 59.8 Å². The van der Waals surface area contributed by atoms with Gasteiger partial charge in [-0.15, -0.1) is 0 Å². The Hall–Kier alpha value is -2.13. The van der Waals surface area contributed by atoms with Gasteiger partial charge in [0.15, 0.2) is 0 Å². The zero-order valence-electron chi connectivity index (χ0n) is 19.0. The van der Waals surface area contributed by atoms with Gasteiger partial charge in [-0.1, -0.05) is 26.7 Å². The Labute approximate surface area is 186 Å². The van der Waals surface area contributed by atoms with Crippen LogP contribution in [0.15, 0.2) is 23.1 Å². The predicted molar refractivity (Wildman–Crippen MR) is 121 cm³/mol. The van der Waals surface area contributed by atoms with Gasteiger partial charge in [0.05, 0.1) is 23.2 Å². The summed E-state index contributed by atoms with van der Waals surface area (Å²) < 4.78 is 33.0. The Bertz CT molecular complexity index is 866. The van der Waals surface area contributed by atoms with E-state index in [0.29, 0.717) is 31.8 Å². The second kappa shape index (κ2) is 11.5. The fraction of sp³-hybridized carbons (Fsp3) is 0.636. The quantitative estimate of drug-likeness (QED) is 0.619. The van der Waals surface area contributed by atoms with Gasteiger partial charge in [0.25, 0.3) is 0 Å². The minimum absolute atomic E-state index is 0.0219. The van der Waals surface area contributed by atoms with Crippen LogP contribution in [-0.2, 0) is 19.6 Å². The van der Waals surface area contributed by atoms with Crippen molar-refractivity contribution in [3.8, 4) is 5.75 Å². The first-order valence-electron chi connectivity index (χ1n) is 11.1. The molecule has 9 heteroatoms. The first kappa shape index (κ1) is 25.1. The molecule has 0 atom stereocenters. The van der Waals surface area contributed by atoms with E-state index in [0.717, 1.165) is 25.7 Å². The molecule has 1 N–H and O–H groups in total. The maximum atomic E-state index is 12.9. The normalized spacial score (nSPS) is 15.7. The lowest BCUT2D eigenvalue weighted by Crippen LogP contribution is -2.39. The second-order valence-electron chi connectivity index (χ2n) is 7.94. The SMILES string of the molecule is CCN(CC)S(=O)(=O)c1ccc(OC(C)C)c(NC(=O)CN2CCCCCCC2=O)c1. The molecule has 1 fully saturated rings. The number of anilines is 1. The van der Waals surface area contributed by atoms with Gasteiger partial charge in [-0.05, 0) is 44.9 Å². The smallest absolute Gasteiger partial charge is 0.244 e. The third-order valence-electron chi connectivity index (χ3n) is 5.19. The summed E-state index contributed by atoms with van der Waals surface area (Å²) in [5.41, 5.74) is 0.284. The Balaban J connectivity index is 2.27. The Morgan fingerprint density at radius 1 is 1.16 bits per heavy atom. The summed E-state index contributed by atoms with van der Waals surface area (Å²) in [7, 11) is -3.69. The molecular formula is C22H35N3O5S. The van der Waals surface area contributed by atoms with Gasteiger partial charge in [0.2, 0.25) is 21.8 Å². The number of likely N-dealkylation sites (tertiary alicyclic amines) is 1. The zero-order valence-corrected chi connectivity index (χ0v) is 19.8. The summed E-state index contributed by atoms with van der Waals surface area (Å²) in [4.78, 5) is 26.7. The van der Waals surface area contributed by atoms with Gasteiger partial charge in [-0.2, -0.15) is 4.31 Å². The van der Waals surface area contributed by atoms with Crippen LogP contribution in [0.2, 0.25) is 0 Å². The summed E-state index contributed by atoms with van der Waals surface area (Å²) in [5.74, 6) is -0.00729. The zero-order chi connectivity index (χ0) is 23.0. The van der Waals surface area contributed by atoms with Gasteiger partial charge in [-0.3, -0.25) is 9.59 Å². The Morgan fingerprint density at radius 2 is 1.84 bits per heavy atom. The number of nitrogens with one attached hydrogen (secondary N) is 1. The van der Waals surface area contributed by atoms with E-state index in [4.69, 9.17) is 4.74 Å². The van der Waals surface area contributed by atoms with Crippen molar-refractivity contribution in [2.24, 2.45) is 0 Å².